The van der Waals surface area contributed by atoms with Crippen LogP contribution in [0.3, 0.4) is 0 Å². The average molecular weight is 284 g/mol. The van der Waals surface area contributed by atoms with E-state index in [2.05, 4.69) is 20.5 Å². The van der Waals surface area contributed by atoms with Gasteiger partial charge in [-0.25, -0.2) is 4.98 Å². The Bertz CT molecular complexity index is 813. The van der Waals surface area contributed by atoms with E-state index >= 15 is 0 Å². The predicted octanol–water partition coefficient (Wildman–Crippen LogP) is 2.06. The number of nitrogens with zero attached hydrogens (tertiary/aromatic N) is 3. The maximum atomic E-state index is 11.0. The molecule has 0 aliphatic rings. The molecule has 0 spiro atoms. The van der Waals surface area contributed by atoms with Gasteiger partial charge in [0.05, 0.1) is 11.1 Å². The van der Waals surface area contributed by atoms with Gasteiger partial charge in [-0.1, -0.05) is 12.1 Å². The second-order valence-electron chi connectivity index (χ2n) is 4.45. The Morgan fingerprint density at radius 3 is 2.95 bits per heavy atom. The number of aromatic amines is 1. The largest absolute Gasteiger partial charge is 0.384 e. The first kappa shape index (κ1) is 12.9. The van der Waals surface area contributed by atoms with Crippen LogP contribution in [0, 0.1) is 10.1 Å². The van der Waals surface area contributed by atoms with Crippen molar-refractivity contribution >= 4 is 28.1 Å². The third-order valence-corrected chi connectivity index (χ3v) is 3.17. The van der Waals surface area contributed by atoms with Crippen LogP contribution in [0.15, 0.2) is 36.7 Å². The van der Waals surface area contributed by atoms with Crippen molar-refractivity contribution in [1.29, 1.82) is 0 Å². The Balaban J connectivity index is 1.98. The number of H-pyrrole nitrogens is 1. The van der Waals surface area contributed by atoms with Crippen molar-refractivity contribution in [2.24, 2.45) is 0 Å². The lowest BCUT2D eigenvalue weighted by molar-refractivity contribution is -0.383. The summed E-state index contributed by atoms with van der Waals surface area (Å²) in [6.07, 6.45) is 3.17. The van der Waals surface area contributed by atoms with E-state index in [1.165, 1.54) is 12.3 Å². The Morgan fingerprint density at radius 2 is 2.24 bits per heavy atom. The molecule has 8 nitrogen and oxygen atoms in total. The monoisotopic (exact) mass is 284 g/mol. The van der Waals surface area contributed by atoms with E-state index in [9.17, 15) is 10.1 Å². The van der Waals surface area contributed by atoms with Crippen LogP contribution >= 0.6 is 0 Å². The van der Waals surface area contributed by atoms with E-state index in [4.69, 9.17) is 5.73 Å². The summed E-state index contributed by atoms with van der Waals surface area (Å²) in [6.45, 7) is 0.462. The second kappa shape index (κ2) is 5.08. The molecule has 106 valence electrons. The first-order valence-electron chi connectivity index (χ1n) is 6.20. The molecule has 2 aromatic heterocycles. The minimum atomic E-state index is -0.437. The number of benzene rings is 1. The van der Waals surface area contributed by atoms with Crippen molar-refractivity contribution in [3.05, 3.63) is 52.3 Å². The highest BCUT2D eigenvalue weighted by Gasteiger charge is 2.14. The number of nitro benzene ring substituents is 1. The first-order valence-corrected chi connectivity index (χ1v) is 6.20. The van der Waals surface area contributed by atoms with Crippen molar-refractivity contribution in [1.82, 2.24) is 15.2 Å². The Morgan fingerprint density at radius 1 is 1.38 bits per heavy atom. The molecule has 0 aliphatic carbocycles. The fourth-order valence-corrected chi connectivity index (χ4v) is 2.11. The summed E-state index contributed by atoms with van der Waals surface area (Å²) in [4.78, 5) is 14.7. The number of nitrogens with one attached hydrogen (secondary N) is 2. The van der Waals surface area contributed by atoms with Gasteiger partial charge in [0.2, 0.25) is 0 Å². The zero-order chi connectivity index (χ0) is 14.8. The Kier molecular flexibility index (Phi) is 3.11. The van der Waals surface area contributed by atoms with Gasteiger partial charge < -0.3 is 11.1 Å². The van der Waals surface area contributed by atoms with E-state index in [1.807, 2.05) is 0 Å². The molecular formula is C13H12N6O2. The third-order valence-electron chi connectivity index (χ3n) is 3.17. The molecule has 0 atom stereocenters. The second-order valence-corrected chi connectivity index (χ2v) is 4.45. The van der Waals surface area contributed by atoms with E-state index < -0.39 is 4.92 Å². The molecule has 0 aliphatic heterocycles. The van der Waals surface area contributed by atoms with Gasteiger partial charge in [0.25, 0.3) is 5.69 Å². The fourth-order valence-electron chi connectivity index (χ4n) is 2.11. The van der Waals surface area contributed by atoms with Gasteiger partial charge in [-0.2, -0.15) is 5.10 Å². The van der Waals surface area contributed by atoms with Crippen LogP contribution in [0.1, 0.15) is 5.56 Å². The van der Waals surface area contributed by atoms with Crippen molar-refractivity contribution in [3.63, 3.8) is 0 Å². The summed E-state index contributed by atoms with van der Waals surface area (Å²) in [5.41, 5.74) is 7.64. The minimum absolute atomic E-state index is 0.0148. The lowest BCUT2D eigenvalue weighted by Gasteiger charge is -2.08. The van der Waals surface area contributed by atoms with Crippen LogP contribution in [0.25, 0.3) is 10.9 Å². The SMILES string of the molecule is Nc1[nH]ncc1CNc1ccnc2c([N+](=O)[O-])cccc12. The molecule has 8 heteroatoms. The maximum Gasteiger partial charge on any atom is 0.295 e. The number of hydrogen-bond acceptors (Lipinski definition) is 6. The molecule has 0 saturated heterocycles. The number of non-ortho nitro benzene ring substituents is 1. The number of hydrogen-bond donors (Lipinski definition) is 3. The number of aromatic nitrogens is 3. The van der Waals surface area contributed by atoms with E-state index in [-0.39, 0.29) is 5.69 Å². The standard InChI is InChI=1S/C13H12N6O2/c14-13-8(7-17-18-13)6-16-10-4-5-15-12-9(10)2-1-3-11(12)19(20)21/h1-5,7H,6H2,(H,15,16)(H3,14,17,18). The molecule has 0 fully saturated rings. The Hall–Kier alpha value is -3.16. The quantitative estimate of drug-likeness (QED) is 0.497. The van der Waals surface area contributed by atoms with Crippen molar-refractivity contribution in [3.8, 4) is 0 Å². The Labute approximate surface area is 119 Å². The zero-order valence-corrected chi connectivity index (χ0v) is 10.9. The molecular weight excluding hydrogens is 272 g/mol. The van der Waals surface area contributed by atoms with Gasteiger partial charge >= 0.3 is 0 Å². The minimum Gasteiger partial charge on any atom is -0.384 e. The molecule has 2 heterocycles. The summed E-state index contributed by atoms with van der Waals surface area (Å²) < 4.78 is 0. The van der Waals surface area contributed by atoms with Crippen LogP contribution in [0.5, 0.6) is 0 Å². The van der Waals surface area contributed by atoms with E-state index in [1.54, 1.807) is 24.4 Å². The highest BCUT2D eigenvalue weighted by atomic mass is 16.6. The number of anilines is 2. The molecule has 21 heavy (non-hydrogen) atoms. The fraction of sp³-hybridized carbons (Fsp3) is 0.0769. The number of pyridine rings is 1. The highest BCUT2D eigenvalue weighted by Crippen LogP contribution is 2.28. The van der Waals surface area contributed by atoms with E-state index in [0.717, 1.165) is 11.3 Å². The van der Waals surface area contributed by atoms with Gasteiger partial charge in [0.1, 0.15) is 11.3 Å². The van der Waals surface area contributed by atoms with Gasteiger partial charge in [0, 0.05) is 35.4 Å². The maximum absolute atomic E-state index is 11.0. The van der Waals surface area contributed by atoms with Gasteiger partial charge in [-0.05, 0) is 6.07 Å². The molecule has 3 aromatic rings. The van der Waals surface area contributed by atoms with Crippen molar-refractivity contribution in [2.75, 3.05) is 11.1 Å². The van der Waals surface area contributed by atoms with Gasteiger partial charge in [-0.15, -0.1) is 0 Å². The smallest absolute Gasteiger partial charge is 0.295 e. The molecule has 0 bridgehead atoms. The van der Waals surface area contributed by atoms with Crippen molar-refractivity contribution < 1.29 is 4.92 Å². The topological polar surface area (TPSA) is 123 Å². The molecule has 0 radical (unpaired) electrons. The normalized spacial score (nSPS) is 10.7. The highest BCUT2D eigenvalue weighted by molar-refractivity contribution is 5.96. The summed E-state index contributed by atoms with van der Waals surface area (Å²) in [5.74, 6) is 0.492. The van der Waals surface area contributed by atoms with Crippen LogP contribution in [-0.4, -0.2) is 20.1 Å². The number of nitrogen functional groups attached to an aromatic ring is 1. The molecule has 0 unspecified atom stereocenters. The predicted molar refractivity (Wildman–Crippen MR) is 78.7 cm³/mol. The van der Waals surface area contributed by atoms with Crippen molar-refractivity contribution in [2.45, 2.75) is 6.54 Å². The first-order chi connectivity index (χ1) is 10.2. The van der Waals surface area contributed by atoms with Crippen LogP contribution < -0.4 is 11.1 Å². The van der Waals surface area contributed by atoms with Crippen LogP contribution in [-0.2, 0) is 6.54 Å². The number of fused-ring (bicyclic) bond motifs is 1. The number of nitrogens with two attached hydrogens (primary N) is 1. The molecule has 3 rings (SSSR count). The molecule has 0 saturated carbocycles. The zero-order valence-electron chi connectivity index (χ0n) is 10.9. The summed E-state index contributed by atoms with van der Waals surface area (Å²) in [7, 11) is 0. The molecule has 0 amide bonds. The van der Waals surface area contributed by atoms with Gasteiger partial charge in [-0.3, -0.25) is 15.2 Å². The summed E-state index contributed by atoms with van der Waals surface area (Å²) >= 11 is 0. The van der Waals surface area contributed by atoms with E-state index in [0.29, 0.717) is 23.3 Å². The summed E-state index contributed by atoms with van der Waals surface area (Å²) in [5, 5.41) is 21.4. The molecule has 1 aromatic carbocycles. The lowest BCUT2D eigenvalue weighted by atomic mass is 10.1. The van der Waals surface area contributed by atoms with Crippen LogP contribution in [0.4, 0.5) is 17.2 Å². The number of para-hydroxylation sites is 1. The third kappa shape index (κ3) is 2.34. The van der Waals surface area contributed by atoms with Crippen LogP contribution in [0.2, 0.25) is 0 Å². The number of rotatable bonds is 4. The number of nitro groups is 1. The summed E-state index contributed by atoms with van der Waals surface area (Å²) in [6, 6.07) is 6.63. The average Bonchev–Trinajstić information content (AvgIpc) is 2.89. The lowest BCUT2D eigenvalue weighted by Crippen LogP contribution is -2.02. The van der Waals surface area contributed by atoms with Gasteiger partial charge in [0.15, 0.2) is 0 Å². The molecule has 4 N–H and O–H groups in total.